The summed E-state index contributed by atoms with van der Waals surface area (Å²) in [7, 11) is 0. The highest BCUT2D eigenvalue weighted by Crippen LogP contribution is 2.25. The van der Waals surface area contributed by atoms with Crippen molar-refractivity contribution in [3.8, 4) is 5.75 Å². The van der Waals surface area contributed by atoms with E-state index in [-0.39, 0.29) is 11.3 Å². The Morgan fingerprint density at radius 1 is 1.13 bits per heavy atom. The van der Waals surface area contributed by atoms with Crippen LogP contribution in [0.1, 0.15) is 28.4 Å². The predicted molar refractivity (Wildman–Crippen MR) is 92.5 cm³/mol. The van der Waals surface area contributed by atoms with Crippen LogP contribution >= 0.6 is 0 Å². The first-order valence-corrected chi connectivity index (χ1v) is 7.45. The zero-order valence-electron chi connectivity index (χ0n) is 13.3. The van der Waals surface area contributed by atoms with Crippen molar-refractivity contribution in [2.45, 2.75) is 20.3 Å². The average molecular weight is 308 g/mol. The normalized spacial score (nSPS) is 10.0. The lowest BCUT2D eigenvalue weighted by Gasteiger charge is -2.03. The monoisotopic (exact) mass is 308 g/mol. The van der Waals surface area contributed by atoms with E-state index < -0.39 is 5.91 Å². The second-order valence-electron chi connectivity index (χ2n) is 5.24. The molecule has 0 aliphatic carbocycles. The molecule has 0 spiro atoms. The molecule has 0 atom stereocenters. The SMILES string of the molecule is CCc1ccc(C)cc1.NC(=O)c1ccc2cccnc2c1O. The predicted octanol–water partition coefficient (Wildman–Crippen LogP) is 3.60. The molecule has 3 N–H and O–H groups in total. The summed E-state index contributed by atoms with van der Waals surface area (Å²) in [5, 5.41) is 10.4. The molecule has 0 fully saturated rings. The molecule has 118 valence electrons. The summed E-state index contributed by atoms with van der Waals surface area (Å²) in [6.45, 7) is 4.28. The minimum atomic E-state index is -0.657. The van der Waals surface area contributed by atoms with E-state index in [1.165, 1.54) is 17.2 Å². The zero-order chi connectivity index (χ0) is 16.8. The topological polar surface area (TPSA) is 76.2 Å². The van der Waals surface area contributed by atoms with Crippen LogP contribution in [0.5, 0.6) is 5.75 Å². The number of aromatic hydroxyl groups is 1. The minimum Gasteiger partial charge on any atom is -0.505 e. The molecule has 0 radical (unpaired) electrons. The lowest BCUT2D eigenvalue weighted by atomic mass is 10.1. The van der Waals surface area contributed by atoms with Crippen molar-refractivity contribution in [1.82, 2.24) is 4.98 Å². The maximum atomic E-state index is 10.9. The summed E-state index contributed by atoms with van der Waals surface area (Å²) >= 11 is 0. The second-order valence-corrected chi connectivity index (χ2v) is 5.24. The van der Waals surface area contributed by atoms with Crippen molar-refractivity contribution in [1.29, 1.82) is 0 Å². The Morgan fingerprint density at radius 2 is 1.83 bits per heavy atom. The van der Waals surface area contributed by atoms with Gasteiger partial charge in [-0.2, -0.15) is 0 Å². The number of fused-ring (bicyclic) bond motifs is 1. The molecule has 1 heterocycles. The van der Waals surface area contributed by atoms with E-state index in [2.05, 4.69) is 43.1 Å². The van der Waals surface area contributed by atoms with Gasteiger partial charge in [0.05, 0.1) is 5.56 Å². The van der Waals surface area contributed by atoms with Crippen molar-refractivity contribution in [3.05, 3.63) is 71.4 Å². The molecule has 3 aromatic rings. The van der Waals surface area contributed by atoms with Gasteiger partial charge >= 0.3 is 0 Å². The maximum Gasteiger partial charge on any atom is 0.252 e. The Balaban J connectivity index is 0.000000185. The molecule has 0 bridgehead atoms. The largest absolute Gasteiger partial charge is 0.505 e. The summed E-state index contributed by atoms with van der Waals surface area (Å²) in [6.07, 6.45) is 2.69. The third kappa shape index (κ3) is 4.07. The zero-order valence-corrected chi connectivity index (χ0v) is 13.3. The molecule has 3 rings (SSSR count). The van der Waals surface area contributed by atoms with Crippen LogP contribution in [0, 0.1) is 6.92 Å². The molecule has 0 unspecified atom stereocenters. The Morgan fingerprint density at radius 3 is 2.43 bits per heavy atom. The number of amides is 1. The fraction of sp³-hybridized carbons (Fsp3) is 0.158. The fourth-order valence-corrected chi connectivity index (χ4v) is 2.15. The molecule has 2 aromatic carbocycles. The maximum absolute atomic E-state index is 10.9. The van der Waals surface area contributed by atoms with E-state index in [9.17, 15) is 9.90 Å². The van der Waals surface area contributed by atoms with Crippen LogP contribution in [0.15, 0.2) is 54.7 Å². The van der Waals surface area contributed by atoms with Gasteiger partial charge in [-0.1, -0.05) is 48.9 Å². The molecule has 0 saturated heterocycles. The number of primary amides is 1. The molecule has 1 aromatic heterocycles. The van der Waals surface area contributed by atoms with E-state index in [1.807, 2.05) is 0 Å². The number of aryl methyl sites for hydroxylation is 2. The summed E-state index contributed by atoms with van der Waals surface area (Å²) in [4.78, 5) is 14.9. The van der Waals surface area contributed by atoms with Crippen molar-refractivity contribution < 1.29 is 9.90 Å². The van der Waals surface area contributed by atoms with Gasteiger partial charge in [0.2, 0.25) is 0 Å². The first-order chi connectivity index (χ1) is 11.0. The summed E-state index contributed by atoms with van der Waals surface area (Å²) in [5.74, 6) is -0.814. The Hall–Kier alpha value is -2.88. The van der Waals surface area contributed by atoms with Crippen LogP contribution in [-0.4, -0.2) is 16.0 Å². The first-order valence-electron chi connectivity index (χ1n) is 7.45. The van der Waals surface area contributed by atoms with Gasteiger partial charge < -0.3 is 10.8 Å². The molecule has 23 heavy (non-hydrogen) atoms. The minimum absolute atomic E-state index is 0.0937. The van der Waals surface area contributed by atoms with Gasteiger partial charge in [0, 0.05) is 11.6 Å². The van der Waals surface area contributed by atoms with Crippen molar-refractivity contribution >= 4 is 16.8 Å². The molecule has 0 aliphatic heterocycles. The van der Waals surface area contributed by atoms with Gasteiger partial charge in [-0.05, 0) is 31.0 Å². The Labute approximate surface area is 135 Å². The third-order valence-corrected chi connectivity index (χ3v) is 3.54. The van der Waals surface area contributed by atoms with Gasteiger partial charge in [0.1, 0.15) is 5.52 Å². The molecule has 0 saturated carbocycles. The molecular formula is C19H20N2O2. The Kier molecular flexibility index (Phi) is 5.31. The van der Waals surface area contributed by atoms with Crippen LogP contribution < -0.4 is 5.73 Å². The van der Waals surface area contributed by atoms with Crippen molar-refractivity contribution in [2.75, 3.05) is 0 Å². The fourth-order valence-electron chi connectivity index (χ4n) is 2.15. The molecule has 4 heteroatoms. The van der Waals surface area contributed by atoms with Gasteiger partial charge in [-0.25, -0.2) is 0 Å². The standard InChI is InChI=1S/C10H8N2O2.C9H12/c11-10(14)7-4-3-6-2-1-5-12-8(6)9(7)13;1-3-9-6-4-8(2)5-7-9/h1-5,13H,(H2,11,14);4-7H,3H2,1-2H3. The number of benzene rings is 2. The van der Waals surface area contributed by atoms with Gasteiger partial charge in [0.25, 0.3) is 5.91 Å². The smallest absolute Gasteiger partial charge is 0.252 e. The first kappa shape index (κ1) is 16.5. The van der Waals surface area contributed by atoms with E-state index in [0.717, 1.165) is 11.8 Å². The highest BCUT2D eigenvalue weighted by atomic mass is 16.3. The lowest BCUT2D eigenvalue weighted by Crippen LogP contribution is -2.11. The van der Waals surface area contributed by atoms with E-state index in [0.29, 0.717) is 5.52 Å². The second kappa shape index (κ2) is 7.40. The molecular weight excluding hydrogens is 288 g/mol. The van der Waals surface area contributed by atoms with Crippen molar-refractivity contribution in [3.63, 3.8) is 0 Å². The average Bonchev–Trinajstić information content (AvgIpc) is 2.56. The third-order valence-electron chi connectivity index (χ3n) is 3.54. The van der Waals surface area contributed by atoms with E-state index in [1.54, 1.807) is 24.4 Å². The lowest BCUT2D eigenvalue weighted by molar-refractivity contribution is 0.0998. The summed E-state index contributed by atoms with van der Waals surface area (Å²) < 4.78 is 0. The number of hydrogen-bond donors (Lipinski definition) is 2. The highest BCUT2D eigenvalue weighted by molar-refractivity contribution is 6.01. The summed E-state index contributed by atoms with van der Waals surface area (Å²) in [5.41, 5.74) is 8.32. The number of nitrogens with zero attached hydrogens (tertiary/aromatic N) is 1. The molecule has 0 aliphatic rings. The van der Waals surface area contributed by atoms with Crippen LogP contribution in [0.4, 0.5) is 0 Å². The number of pyridine rings is 1. The molecule has 4 nitrogen and oxygen atoms in total. The number of nitrogens with two attached hydrogens (primary N) is 1. The number of phenols is 1. The van der Waals surface area contributed by atoms with Crippen LogP contribution in [0.2, 0.25) is 0 Å². The van der Waals surface area contributed by atoms with Gasteiger partial charge in [-0.3, -0.25) is 9.78 Å². The Bertz CT molecular complexity index is 811. The van der Waals surface area contributed by atoms with Crippen LogP contribution in [0.3, 0.4) is 0 Å². The number of rotatable bonds is 2. The number of carbonyl (C=O) groups excluding carboxylic acids is 1. The van der Waals surface area contributed by atoms with E-state index >= 15 is 0 Å². The van der Waals surface area contributed by atoms with Crippen molar-refractivity contribution in [2.24, 2.45) is 5.73 Å². The van der Waals surface area contributed by atoms with Gasteiger partial charge in [-0.15, -0.1) is 0 Å². The molecule has 1 amide bonds. The quantitative estimate of drug-likeness (QED) is 0.759. The number of carbonyl (C=O) groups is 1. The van der Waals surface area contributed by atoms with Crippen LogP contribution in [-0.2, 0) is 6.42 Å². The van der Waals surface area contributed by atoms with E-state index in [4.69, 9.17) is 5.73 Å². The number of aromatic nitrogens is 1. The van der Waals surface area contributed by atoms with Crippen LogP contribution in [0.25, 0.3) is 10.9 Å². The number of hydrogen-bond acceptors (Lipinski definition) is 3. The highest BCUT2D eigenvalue weighted by Gasteiger charge is 2.10. The summed E-state index contributed by atoms with van der Waals surface area (Å²) in [6, 6.07) is 15.4. The van der Waals surface area contributed by atoms with Gasteiger partial charge in [0.15, 0.2) is 5.75 Å².